The number of halogens is 2. The fourth-order valence-corrected chi connectivity index (χ4v) is 1.35. The van der Waals surface area contributed by atoms with Gasteiger partial charge in [0.05, 0.1) is 12.6 Å². The molecule has 3 nitrogen and oxygen atoms in total. The first-order valence-corrected chi connectivity index (χ1v) is 4.06. The summed E-state index contributed by atoms with van der Waals surface area (Å²) in [5.74, 6) is 0. The maximum Gasteiger partial charge on any atom is 0.0622 e. The van der Waals surface area contributed by atoms with Gasteiger partial charge in [-0.3, -0.25) is 4.90 Å². The molecule has 1 saturated heterocycles. The molecule has 0 aromatic rings. The molecule has 0 radical (unpaired) electrons. The van der Waals surface area contributed by atoms with E-state index in [0.29, 0.717) is 0 Å². The van der Waals surface area contributed by atoms with Crippen molar-refractivity contribution in [3.63, 3.8) is 0 Å². The number of nitrogens with zero attached hydrogens (tertiary/aromatic N) is 1. The minimum Gasteiger partial charge on any atom is -0.394 e. The quantitative estimate of drug-likeness (QED) is 0.682. The van der Waals surface area contributed by atoms with Gasteiger partial charge in [-0.15, -0.1) is 31.4 Å². The number of nitrogens with one attached hydrogen (secondary N) is 1. The lowest BCUT2D eigenvalue weighted by atomic mass is 10.2. The van der Waals surface area contributed by atoms with Crippen LogP contribution in [0.3, 0.4) is 0 Å². The second-order valence-corrected chi connectivity index (χ2v) is 2.77. The maximum atomic E-state index is 8.94. The highest BCUT2D eigenvalue weighted by molar-refractivity contribution is 5.85. The SMILES string of the molecule is C=CC(CO)N1CCNCC1.Cl.Cl. The monoisotopic (exact) mass is 228 g/mol. The van der Waals surface area contributed by atoms with Crippen molar-refractivity contribution in [2.75, 3.05) is 32.8 Å². The topological polar surface area (TPSA) is 35.5 Å². The summed E-state index contributed by atoms with van der Waals surface area (Å²) in [5.41, 5.74) is 0. The van der Waals surface area contributed by atoms with Crippen LogP contribution in [0.2, 0.25) is 0 Å². The standard InChI is InChI=1S/C8H16N2O.2ClH/c1-2-8(7-11)10-5-3-9-4-6-10;;/h2,8-9,11H,1,3-7H2;2*1H. The molecule has 1 rings (SSSR count). The number of hydrogen-bond donors (Lipinski definition) is 2. The Morgan fingerprint density at radius 3 is 2.31 bits per heavy atom. The summed E-state index contributed by atoms with van der Waals surface area (Å²) in [4.78, 5) is 2.24. The van der Waals surface area contributed by atoms with E-state index < -0.39 is 0 Å². The highest BCUT2D eigenvalue weighted by Gasteiger charge is 2.15. The Morgan fingerprint density at radius 2 is 1.92 bits per heavy atom. The summed E-state index contributed by atoms with van der Waals surface area (Å²) < 4.78 is 0. The Balaban J connectivity index is 0. The number of piperazine rings is 1. The van der Waals surface area contributed by atoms with Crippen molar-refractivity contribution in [2.24, 2.45) is 0 Å². The van der Waals surface area contributed by atoms with Crippen molar-refractivity contribution in [3.05, 3.63) is 12.7 Å². The van der Waals surface area contributed by atoms with E-state index in [2.05, 4.69) is 16.8 Å². The third-order valence-corrected chi connectivity index (χ3v) is 2.08. The van der Waals surface area contributed by atoms with Crippen LogP contribution in [0.25, 0.3) is 0 Å². The molecule has 1 atom stereocenters. The number of hydrogen-bond acceptors (Lipinski definition) is 3. The van der Waals surface area contributed by atoms with Crippen LogP contribution in [-0.2, 0) is 0 Å². The van der Waals surface area contributed by atoms with Crippen molar-refractivity contribution in [2.45, 2.75) is 6.04 Å². The summed E-state index contributed by atoms with van der Waals surface area (Å²) in [5, 5.41) is 12.2. The zero-order valence-electron chi connectivity index (χ0n) is 7.61. The highest BCUT2D eigenvalue weighted by Crippen LogP contribution is 2.00. The Morgan fingerprint density at radius 1 is 1.38 bits per heavy atom. The van der Waals surface area contributed by atoms with Gasteiger partial charge in [0.2, 0.25) is 0 Å². The molecule has 0 aromatic carbocycles. The molecule has 0 amide bonds. The Labute approximate surface area is 92.0 Å². The van der Waals surface area contributed by atoms with Gasteiger partial charge in [-0.25, -0.2) is 0 Å². The van der Waals surface area contributed by atoms with Crippen molar-refractivity contribution in [3.8, 4) is 0 Å². The van der Waals surface area contributed by atoms with Crippen LogP contribution < -0.4 is 5.32 Å². The maximum absolute atomic E-state index is 8.94. The molecule has 0 saturated carbocycles. The van der Waals surface area contributed by atoms with E-state index in [4.69, 9.17) is 5.11 Å². The molecule has 2 N–H and O–H groups in total. The second-order valence-electron chi connectivity index (χ2n) is 2.77. The van der Waals surface area contributed by atoms with Gasteiger partial charge in [0.25, 0.3) is 0 Å². The molecule has 1 aliphatic heterocycles. The number of aliphatic hydroxyl groups is 1. The van der Waals surface area contributed by atoms with Gasteiger partial charge in [-0.1, -0.05) is 6.08 Å². The lowest BCUT2D eigenvalue weighted by Gasteiger charge is -2.31. The summed E-state index contributed by atoms with van der Waals surface area (Å²) in [6.07, 6.45) is 1.81. The first-order chi connectivity index (χ1) is 5.38. The van der Waals surface area contributed by atoms with E-state index in [1.54, 1.807) is 0 Å². The normalized spacial score (nSPS) is 19.5. The van der Waals surface area contributed by atoms with E-state index >= 15 is 0 Å². The molecule has 1 unspecified atom stereocenters. The molecule has 1 aliphatic rings. The summed E-state index contributed by atoms with van der Waals surface area (Å²) >= 11 is 0. The lowest BCUT2D eigenvalue weighted by Crippen LogP contribution is -2.48. The van der Waals surface area contributed by atoms with Crippen LogP contribution in [-0.4, -0.2) is 48.8 Å². The first-order valence-electron chi connectivity index (χ1n) is 4.06. The minimum absolute atomic E-state index is 0. The van der Waals surface area contributed by atoms with Crippen LogP contribution in [0, 0.1) is 0 Å². The molecule has 5 heteroatoms. The fraction of sp³-hybridized carbons (Fsp3) is 0.750. The second kappa shape index (κ2) is 8.78. The van der Waals surface area contributed by atoms with E-state index in [-0.39, 0.29) is 37.5 Å². The molecule has 0 aromatic heterocycles. The predicted molar refractivity (Wildman–Crippen MR) is 60.0 cm³/mol. The average molecular weight is 229 g/mol. The summed E-state index contributed by atoms with van der Waals surface area (Å²) in [7, 11) is 0. The number of aliphatic hydroxyl groups excluding tert-OH is 1. The Kier molecular flexibility index (Phi) is 10.6. The molecular weight excluding hydrogens is 211 g/mol. The zero-order valence-corrected chi connectivity index (χ0v) is 9.24. The molecule has 0 aliphatic carbocycles. The summed E-state index contributed by atoms with van der Waals surface area (Å²) in [6, 6.07) is 0.150. The largest absolute Gasteiger partial charge is 0.394 e. The van der Waals surface area contributed by atoms with Gasteiger partial charge in [0.1, 0.15) is 0 Å². The van der Waals surface area contributed by atoms with Crippen LogP contribution in [0.5, 0.6) is 0 Å². The zero-order chi connectivity index (χ0) is 8.10. The highest BCUT2D eigenvalue weighted by atomic mass is 35.5. The predicted octanol–water partition coefficient (Wildman–Crippen LogP) is 0.282. The lowest BCUT2D eigenvalue weighted by molar-refractivity contribution is 0.138. The Bertz CT molecular complexity index is 129. The third-order valence-electron chi connectivity index (χ3n) is 2.08. The molecule has 13 heavy (non-hydrogen) atoms. The van der Waals surface area contributed by atoms with Crippen molar-refractivity contribution >= 4 is 24.8 Å². The van der Waals surface area contributed by atoms with Crippen LogP contribution >= 0.6 is 24.8 Å². The molecule has 80 valence electrons. The van der Waals surface area contributed by atoms with E-state index in [9.17, 15) is 0 Å². The van der Waals surface area contributed by atoms with Gasteiger partial charge >= 0.3 is 0 Å². The van der Waals surface area contributed by atoms with Crippen LogP contribution in [0.15, 0.2) is 12.7 Å². The van der Waals surface area contributed by atoms with Gasteiger partial charge in [-0.05, 0) is 0 Å². The minimum atomic E-state index is 0. The van der Waals surface area contributed by atoms with Gasteiger partial charge in [-0.2, -0.15) is 0 Å². The van der Waals surface area contributed by atoms with Crippen molar-refractivity contribution in [1.29, 1.82) is 0 Å². The van der Waals surface area contributed by atoms with E-state index in [1.165, 1.54) is 0 Å². The summed E-state index contributed by atoms with van der Waals surface area (Å²) in [6.45, 7) is 7.93. The molecule has 1 heterocycles. The van der Waals surface area contributed by atoms with Gasteiger partial charge < -0.3 is 10.4 Å². The first kappa shape index (κ1) is 15.7. The van der Waals surface area contributed by atoms with E-state index in [1.807, 2.05) is 6.08 Å². The molecule has 0 bridgehead atoms. The van der Waals surface area contributed by atoms with Crippen molar-refractivity contribution < 1.29 is 5.11 Å². The molecule has 0 spiro atoms. The molecule has 1 fully saturated rings. The number of rotatable bonds is 3. The third kappa shape index (κ3) is 4.84. The fourth-order valence-electron chi connectivity index (χ4n) is 1.35. The van der Waals surface area contributed by atoms with Gasteiger partial charge in [0.15, 0.2) is 0 Å². The van der Waals surface area contributed by atoms with Crippen LogP contribution in [0.4, 0.5) is 0 Å². The smallest absolute Gasteiger partial charge is 0.0622 e. The van der Waals surface area contributed by atoms with Gasteiger partial charge in [0, 0.05) is 26.2 Å². The average Bonchev–Trinajstić information content (AvgIpc) is 2.09. The van der Waals surface area contributed by atoms with E-state index in [0.717, 1.165) is 26.2 Å². The van der Waals surface area contributed by atoms with Crippen molar-refractivity contribution in [1.82, 2.24) is 10.2 Å². The Hall–Kier alpha value is 0.200. The molecular formula is C8H18Cl2N2O. The van der Waals surface area contributed by atoms with Crippen LogP contribution in [0.1, 0.15) is 0 Å².